The highest BCUT2D eigenvalue weighted by molar-refractivity contribution is 6.31. The van der Waals surface area contributed by atoms with Crippen molar-refractivity contribution in [1.82, 2.24) is 15.0 Å². The van der Waals surface area contributed by atoms with Gasteiger partial charge in [0.15, 0.2) is 0 Å². The van der Waals surface area contributed by atoms with E-state index in [1.807, 2.05) is 25.3 Å². The van der Waals surface area contributed by atoms with E-state index in [0.717, 1.165) is 47.7 Å². The molecule has 1 N–H and O–H groups in total. The summed E-state index contributed by atoms with van der Waals surface area (Å²) in [6.45, 7) is 3.44. The van der Waals surface area contributed by atoms with Gasteiger partial charge in [-0.15, -0.1) is 0 Å². The molecule has 0 spiro atoms. The van der Waals surface area contributed by atoms with Crippen molar-refractivity contribution in [2.45, 2.75) is 32.6 Å². The van der Waals surface area contributed by atoms with E-state index in [4.69, 9.17) is 11.6 Å². The van der Waals surface area contributed by atoms with E-state index in [-0.39, 0.29) is 11.6 Å². The average molecular weight is 434 g/mol. The van der Waals surface area contributed by atoms with Gasteiger partial charge < -0.3 is 10.2 Å². The molecule has 1 aliphatic rings. The van der Waals surface area contributed by atoms with Gasteiger partial charge in [-0.3, -0.25) is 0 Å². The Kier molecular flexibility index (Phi) is 5.51. The van der Waals surface area contributed by atoms with Crippen molar-refractivity contribution >= 4 is 23.2 Å². The highest BCUT2D eigenvalue weighted by atomic mass is 35.5. The number of rotatable bonds is 4. The number of halogens is 4. The van der Waals surface area contributed by atoms with Crippen molar-refractivity contribution in [1.29, 1.82) is 0 Å². The first-order chi connectivity index (χ1) is 14.3. The van der Waals surface area contributed by atoms with Crippen molar-refractivity contribution in [3.05, 3.63) is 75.8 Å². The van der Waals surface area contributed by atoms with Gasteiger partial charge in [0.05, 0.1) is 11.3 Å². The van der Waals surface area contributed by atoms with Crippen LogP contribution in [0.3, 0.4) is 0 Å². The second-order valence-electron chi connectivity index (χ2n) is 7.17. The number of aromatic nitrogens is 3. The third kappa shape index (κ3) is 4.33. The smallest absolute Gasteiger partial charge is 0.366 e. The molecular weight excluding hydrogens is 415 g/mol. The van der Waals surface area contributed by atoms with E-state index in [0.29, 0.717) is 17.9 Å². The summed E-state index contributed by atoms with van der Waals surface area (Å²) in [7, 11) is 0. The van der Waals surface area contributed by atoms with Crippen LogP contribution in [0, 0.1) is 6.92 Å². The Labute approximate surface area is 176 Å². The van der Waals surface area contributed by atoms with Crippen LogP contribution in [0.2, 0.25) is 5.02 Å². The Morgan fingerprint density at radius 3 is 2.70 bits per heavy atom. The molecule has 1 aliphatic heterocycles. The summed E-state index contributed by atoms with van der Waals surface area (Å²) in [5.41, 5.74) is 2.54. The molecular formula is C21H19ClF3N5. The van der Waals surface area contributed by atoms with Gasteiger partial charge in [0.2, 0.25) is 0 Å². The van der Waals surface area contributed by atoms with Crippen molar-refractivity contribution in [2.24, 2.45) is 0 Å². The van der Waals surface area contributed by atoms with Gasteiger partial charge in [0, 0.05) is 42.8 Å². The lowest BCUT2D eigenvalue weighted by Gasteiger charge is -2.30. The summed E-state index contributed by atoms with van der Waals surface area (Å²) in [6, 6.07) is 7.28. The van der Waals surface area contributed by atoms with Crippen LogP contribution in [0.4, 0.5) is 24.8 Å². The third-order valence-electron chi connectivity index (χ3n) is 5.04. The molecule has 5 nitrogen and oxygen atoms in total. The van der Waals surface area contributed by atoms with Gasteiger partial charge >= 0.3 is 6.18 Å². The topological polar surface area (TPSA) is 53.9 Å². The number of fused-ring (bicyclic) bond motifs is 1. The Bertz CT molecular complexity index is 1050. The minimum Gasteiger partial charge on any atom is -0.366 e. The largest absolute Gasteiger partial charge is 0.416 e. The number of hydrogen-bond acceptors (Lipinski definition) is 5. The van der Waals surface area contributed by atoms with Gasteiger partial charge in [0.25, 0.3) is 0 Å². The molecule has 4 rings (SSSR count). The van der Waals surface area contributed by atoms with Crippen LogP contribution >= 0.6 is 11.6 Å². The van der Waals surface area contributed by atoms with Gasteiger partial charge in [-0.05, 0) is 42.3 Å². The maximum atomic E-state index is 13.0. The lowest BCUT2D eigenvalue weighted by Crippen LogP contribution is -2.32. The molecule has 3 aromatic rings. The van der Waals surface area contributed by atoms with Gasteiger partial charge in [-0.25, -0.2) is 15.0 Å². The fourth-order valence-corrected chi connectivity index (χ4v) is 3.59. The Hall–Kier alpha value is -2.87. The van der Waals surface area contributed by atoms with Crippen molar-refractivity contribution in [3.8, 4) is 0 Å². The number of aryl methyl sites for hydroxylation is 1. The van der Waals surface area contributed by atoms with E-state index in [9.17, 15) is 13.2 Å². The quantitative estimate of drug-likeness (QED) is 0.625. The number of hydrogen-bond donors (Lipinski definition) is 1. The molecule has 2 aromatic heterocycles. The summed E-state index contributed by atoms with van der Waals surface area (Å²) >= 11 is 6.12. The molecule has 0 saturated carbocycles. The van der Waals surface area contributed by atoms with Gasteiger partial charge in [-0.1, -0.05) is 17.7 Å². The standard InChI is InChI=1S/C21H19ClF3N5/c1-13-2-5-19(26-9-13)30-7-6-18-16(11-30)20(29-12-28-18)27-10-14-8-15(21(23,24)25)3-4-17(14)22/h2-5,8-9,12H,6-7,10-11H2,1H3,(H,27,28,29). The number of alkyl halides is 3. The Balaban J connectivity index is 1.55. The van der Waals surface area contributed by atoms with Gasteiger partial charge in [0.1, 0.15) is 18.0 Å². The predicted molar refractivity (Wildman–Crippen MR) is 110 cm³/mol. The molecule has 30 heavy (non-hydrogen) atoms. The number of benzene rings is 1. The number of anilines is 2. The first-order valence-corrected chi connectivity index (χ1v) is 9.79. The molecule has 0 atom stereocenters. The fraction of sp³-hybridized carbons (Fsp3) is 0.286. The fourth-order valence-electron chi connectivity index (χ4n) is 3.40. The van der Waals surface area contributed by atoms with Gasteiger partial charge in [-0.2, -0.15) is 13.2 Å². The summed E-state index contributed by atoms with van der Waals surface area (Å²) in [6.07, 6.45) is -0.406. The molecule has 0 unspecified atom stereocenters. The van der Waals surface area contributed by atoms with Crippen LogP contribution in [-0.4, -0.2) is 21.5 Å². The molecule has 0 bridgehead atoms. The molecule has 0 saturated heterocycles. The summed E-state index contributed by atoms with van der Waals surface area (Å²) in [5.74, 6) is 1.45. The molecule has 1 aromatic carbocycles. The monoisotopic (exact) mass is 433 g/mol. The molecule has 0 fully saturated rings. The minimum atomic E-state index is -4.42. The van der Waals surface area contributed by atoms with E-state index >= 15 is 0 Å². The van der Waals surface area contributed by atoms with Crippen LogP contribution in [0.25, 0.3) is 0 Å². The molecule has 3 heterocycles. The van der Waals surface area contributed by atoms with Crippen molar-refractivity contribution in [3.63, 3.8) is 0 Å². The zero-order chi connectivity index (χ0) is 21.3. The van der Waals surface area contributed by atoms with Crippen LogP contribution < -0.4 is 10.2 Å². The minimum absolute atomic E-state index is 0.120. The molecule has 0 radical (unpaired) electrons. The van der Waals surface area contributed by atoms with E-state index in [1.54, 1.807) is 0 Å². The molecule has 0 amide bonds. The first-order valence-electron chi connectivity index (χ1n) is 9.41. The zero-order valence-corrected chi connectivity index (χ0v) is 16.9. The SMILES string of the molecule is Cc1ccc(N2CCc3ncnc(NCc4cc(C(F)(F)F)ccc4Cl)c3C2)nc1. The van der Waals surface area contributed by atoms with E-state index in [1.165, 1.54) is 12.4 Å². The second-order valence-corrected chi connectivity index (χ2v) is 7.58. The predicted octanol–water partition coefficient (Wildman–Crippen LogP) is 5.03. The lowest BCUT2D eigenvalue weighted by atomic mass is 10.1. The second kappa shape index (κ2) is 8.10. The summed E-state index contributed by atoms with van der Waals surface area (Å²) in [4.78, 5) is 15.3. The molecule has 156 valence electrons. The zero-order valence-electron chi connectivity index (χ0n) is 16.2. The highest BCUT2D eigenvalue weighted by Gasteiger charge is 2.31. The van der Waals surface area contributed by atoms with Crippen molar-refractivity contribution < 1.29 is 13.2 Å². The Morgan fingerprint density at radius 2 is 1.97 bits per heavy atom. The van der Waals surface area contributed by atoms with E-state index < -0.39 is 11.7 Å². The van der Waals surface area contributed by atoms with Crippen molar-refractivity contribution in [2.75, 3.05) is 16.8 Å². The van der Waals surface area contributed by atoms with E-state index in [2.05, 4.69) is 25.2 Å². The van der Waals surface area contributed by atoms with Crippen LogP contribution in [-0.2, 0) is 25.7 Å². The maximum Gasteiger partial charge on any atom is 0.416 e. The average Bonchev–Trinajstić information content (AvgIpc) is 2.72. The van der Waals surface area contributed by atoms with Crippen LogP contribution in [0.1, 0.15) is 27.9 Å². The summed E-state index contributed by atoms with van der Waals surface area (Å²) < 4.78 is 39.1. The first kappa shape index (κ1) is 20.4. The highest BCUT2D eigenvalue weighted by Crippen LogP contribution is 2.32. The lowest BCUT2D eigenvalue weighted by molar-refractivity contribution is -0.137. The maximum absolute atomic E-state index is 13.0. The molecule has 0 aliphatic carbocycles. The van der Waals surface area contributed by atoms with Crippen LogP contribution in [0.5, 0.6) is 0 Å². The number of nitrogens with zero attached hydrogens (tertiary/aromatic N) is 4. The molecule has 9 heteroatoms. The number of pyridine rings is 1. The van der Waals surface area contributed by atoms with Crippen LogP contribution in [0.15, 0.2) is 42.9 Å². The normalized spacial score (nSPS) is 13.8. The summed E-state index contributed by atoms with van der Waals surface area (Å²) in [5, 5.41) is 3.41. The Morgan fingerprint density at radius 1 is 1.13 bits per heavy atom. The number of nitrogens with one attached hydrogen (secondary N) is 1. The third-order valence-corrected chi connectivity index (χ3v) is 5.41.